The van der Waals surface area contributed by atoms with E-state index in [2.05, 4.69) is 5.32 Å². The van der Waals surface area contributed by atoms with Crippen molar-refractivity contribution in [3.63, 3.8) is 0 Å². The minimum Gasteiger partial charge on any atom is -0.381 e. The van der Waals surface area contributed by atoms with Gasteiger partial charge in [-0.3, -0.25) is 11.1 Å². The second-order valence-corrected chi connectivity index (χ2v) is 3.18. The van der Waals surface area contributed by atoms with Gasteiger partial charge in [-0.05, 0) is 6.42 Å². The maximum atomic E-state index is 10.6. The Labute approximate surface area is 81.7 Å². The molecule has 7 heteroatoms. The van der Waals surface area contributed by atoms with E-state index in [4.69, 9.17) is 10.5 Å². The minimum atomic E-state index is -0.510. The lowest BCUT2D eigenvalue weighted by molar-refractivity contribution is -1.10. The first kappa shape index (κ1) is 10.7. The largest absolute Gasteiger partial charge is 0.406 e. The third-order valence-corrected chi connectivity index (χ3v) is 2.19. The zero-order valence-corrected chi connectivity index (χ0v) is 8.10. The Balaban J connectivity index is 2.64. The summed E-state index contributed by atoms with van der Waals surface area (Å²) in [5, 5.41) is 12.7. The van der Waals surface area contributed by atoms with Crippen molar-refractivity contribution >= 4 is 5.96 Å². The molecule has 0 radical (unpaired) electrons. The maximum Gasteiger partial charge on any atom is 0.406 e. The number of nitrogens with zero attached hydrogens (tertiary/aromatic N) is 2. The number of guanidine groups is 1. The van der Waals surface area contributed by atoms with Gasteiger partial charge in [0.05, 0.1) is 13.7 Å². The van der Waals surface area contributed by atoms with Crippen LogP contribution in [0.25, 0.3) is 0 Å². The first-order chi connectivity index (χ1) is 6.65. The van der Waals surface area contributed by atoms with Crippen molar-refractivity contribution in [2.45, 2.75) is 6.42 Å². The molecule has 0 saturated carbocycles. The Hall–Kier alpha value is -1.37. The quantitative estimate of drug-likeness (QED) is 0.197. The topological polar surface area (TPSA) is 93.4 Å². The monoisotopic (exact) mass is 203 g/mol. The lowest BCUT2D eigenvalue weighted by atomic mass is 10.1. The van der Waals surface area contributed by atoms with Gasteiger partial charge in [0.2, 0.25) is 5.03 Å². The molecule has 1 heterocycles. The third kappa shape index (κ3) is 2.56. The first-order valence-electron chi connectivity index (χ1n) is 4.45. The number of nitrogens with one attached hydrogen (secondary N) is 1. The van der Waals surface area contributed by atoms with E-state index in [1.165, 1.54) is 0 Å². The fourth-order valence-electron chi connectivity index (χ4n) is 1.35. The van der Waals surface area contributed by atoms with Crippen LogP contribution in [0.3, 0.4) is 0 Å². The molecule has 1 saturated heterocycles. The molecule has 0 amide bonds. The molecule has 3 N–H and O–H groups in total. The summed E-state index contributed by atoms with van der Waals surface area (Å²) in [7, 11) is 1.55. The minimum absolute atomic E-state index is 0.0573. The van der Waals surface area contributed by atoms with Gasteiger partial charge in [-0.1, -0.05) is 0 Å². The molecule has 1 fully saturated rings. The molecule has 0 aromatic rings. The van der Waals surface area contributed by atoms with E-state index in [0.717, 1.165) is 11.1 Å². The highest BCUT2D eigenvalue weighted by atomic mass is 16.7. The van der Waals surface area contributed by atoms with Crippen LogP contribution in [0.4, 0.5) is 0 Å². The third-order valence-electron chi connectivity index (χ3n) is 2.19. The smallest absolute Gasteiger partial charge is 0.381 e. The highest BCUT2D eigenvalue weighted by Gasteiger charge is 2.26. The number of nitro groups is 1. The van der Waals surface area contributed by atoms with E-state index in [9.17, 15) is 10.1 Å². The number of ether oxygens (including phenoxy) is 1. The van der Waals surface area contributed by atoms with Gasteiger partial charge in [-0.25, -0.2) is 10.1 Å². The van der Waals surface area contributed by atoms with E-state index >= 15 is 0 Å². The average Bonchev–Trinajstić information content (AvgIpc) is 2.65. The number of hydrogen-bond donors (Lipinski definition) is 2. The average molecular weight is 203 g/mol. The molecule has 0 aromatic carbocycles. The molecule has 0 aliphatic carbocycles. The summed E-state index contributed by atoms with van der Waals surface area (Å²) in [5.41, 5.74) is 5.45. The number of rotatable bonds is 3. The maximum absolute atomic E-state index is 10.6. The van der Waals surface area contributed by atoms with Gasteiger partial charge in [0, 0.05) is 17.2 Å². The van der Waals surface area contributed by atoms with Gasteiger partial charge in [0.15, 0.2) is 0 Å². The summed E-state index contributed by atoms with van der Waals surface area (Å²) in [6, 6.07) is 0. The standard InChI is InChI=1S/C7H14N4O3/c1-9-7(8)10(11(12)13)4-6-2-3-14-5-6/h6H,2-5H2,1H3,(H2,8,9)/p+1. The molecule has 1 unspecified atom stereocenters. The van der Waals surface area contributed by atoms with Gasteiger partial charge in [0.1, 0.15) is 6.54 Å². The molecule has 1 atom stereocenters. The van der Waals surface area contributed by atoms with Crippen molar-refractivity contribution in [1.29, 1.82) is 0 Å². The van der Waals surface area contributed by atoms with Crippen molar-refractivity contribution < 1.29 is 14.5 Å². The van der Waals surface area contributed by atoms with Crippen molar-refractivity contribution in [2.75, 3.05) is 26.8 Å². The van der Waals surface area contributed by atoms with Crippen LogP contribution in [0, 0.1) is 16.0 Å². The molecule has 1 aliphatic heterocycles. The van der Waals surface area contributed by atoms with E-state index in [1.54, 1.807) is 7.05 Å². The molecule has 0 spiro atoms. The van der Waals surface area contributed by atoms with E-state index in [-0.39, 0.29) is 11.9 Å². The summed E-state index contributed by atoms with van der Waals surface area (Å²) in [6.07, 6.45) is 0.849. The fourth-order valence-corrected chi connectivity index (χ4v) is 1.35. The fraction of sp³-hybridized carbons (Fsp3) is 0.857. The van der Waals surface area contributed by atoms with Crippen LogP contribution in [0.1, 0.15) is 6.42 Å². The van der Waals surface area contributed by atoms with E-state index in [1.807, 2.05) is 0 Å². The Morgan fingerprint density at radius 3 is 2.93 bits per heavy atom. The van der Waals surface area contributed by atoms with Crippen molar-refractivity contribution in [3.8, 4) is 0 Å². The van der Waals surface area contributed by atoms with Crippen LogP contribution in [0.2, 0.25) is 0 Å². The first-order valence-corrected chi connectivity index (χ1v) is 4.45. The molecule has 80 valence electrons. The second kappa shape index (κ2) is 4.75. The molecule has 0 aromatic heterocycles. The SMILES string of the molecule is CNC(N)=[N+](CC1CCOC1)[N+](=O)[O-]. The Bertz CT molecular complexity index is 247. The van der Waals surface area contributed by atoms with E-state index in [0.29, 0.717) is 19.8 Å². The Morgan fingerprint density at radius 2 is 2.50 bits per heavy atom. The van der Waals surface area contributed by atoms with Gasteiger partial charge in [-0.2, -0.15) is 0 Å². The van der Waals surface area contributed by atoms with Crippen LogP contribution in [-0.2, 0) is 4.74 Å². The lowest BCUT2D eigenvalue weighted by Gasteiger charge is -2.04. The summed E-state index contributed by atoms with van der Waals surface area (Å²) in [6.45, 7) is 1.54. The van der Waals surface area contributed by atoms with Crippen molar-refractivity contribution in [2.24, 2.45) is 11.7 Å². The van der Waals surface area contributed by atoms with Crippen LogP contribution >= 0.6 is 0 Å². The summed E-state index contributed by atoms with van der Waals surface area (Å²) >= 11 is 0. The number of hydrazine groups is 1. The highest BCUT2D eigenvalue weighted by Crippen LogP contribution is 2.11. The zero-order chi connectivity index (χ0) is 10.6. The van der Waals surface area contributed by atoms with Crippen LogP contribution in [-0.4, -0.2) is 42.5 Å². The lowest BCUT2D eigenvalue weighted by Crippen LogP contribution is -2.43. The molecule has 7 nitrogen and oxygen atoms in total. The van der Waals surface area contributed by atoms with Gasteiger partial charge >= 0.3 is 5.96 Å². The van der Waals surface area contributed by atoms with E-state index < -0.39 is 5.03 Å². The Morgan fingerprint density at radius 1 is 1.79 bits per heavy atom. The summed E-state index contributed by atoms with van der Waals surface area (Å²) in [4.78, 5) is 10.6. The number of hydrazone groups is 1. The molecule has 1 aliphatic rings. The molecule has 14 heavy (non-hydrogen) atoms. The van der Waals surface area contributed by atoms with Crippen LogP contribution < -0.4 is 11.1 Å². The van der Waals surface area contributed by atoms with Gasteiger partial charge in [-0.15, -0.1) is 0 Å². The predicted octanol–water partition coefficient (Wildman–Crippen LogP) is -1.24. The molecular formula is C7H15N4O3+. The number of hydrogen-bond acceptors (Lipinski definition) is 3. The predicted molar refractivity (Wildman–Crippen MR) is 49.3 cm³/mol. The zero-order valence-electron chi connectivity index (χ0n) is 8.10. The van der Waals surface area contributed by atoms with Gasteiger partial charge < -0.3 is 4.74 Å². The van der Waals surface area contributed by atoms with Crippen molar-refractivity contribution in [1.82, 2.24) is 5.32 Å². The van der Waals surface area contributed by atoms with Crippen molar-refractivity contribution in [3.05, 3.63) is 10.1 Å². The molecule has 1 rings (SSSR count). The molecular weight excluding hydrogens is 188 g/mol. The normalized spacial score (nSPS) is 23.1. The summed E-state index contributed by atoms with van der Waals surface area (Å²) < 4.78 is 6.05. The summed E-state index contributed by atoms with van der Waals surface area (Å²) in [5.74, 6) is 0.245. The van der Waals surface area contributed by atoms with Gasteiger partial charge in [0.25, 0.3) is 0 Å². The molecule has 0 bridgehead atoms. The highest BCUT2D eigenvalue weighted by molar-refractivity contribution is 5.71. The number of nitrogens with two attached hydrogens (primary N) is 1. The van der Waals surface area contributed by atoms with Crippen LogP contribution in [0.15, 0.2) is 0 Å². The second-order valence-electron chi connectivity index (χ2n) is 3.18. The van der Waals surface area contributed by atoms with Crippen LogP contribution in [0.5, 0.6) is 0 Å². The Kier molecular flexibility index (Phi) is 3.63.